The first kappa shape index (κ1) is 69.5. The van der Waals surface area contributed by atoms with Crippen LogP contribution in [0.1, 0.15) is 71.9 Å². The number of rotatable bonds is 7. The molecule has 6 aliphatic rings. The molecule has 12 heterocycles. The highest BCUT2D eigenvalue weighted by atomic mass is 127. The van der Waals surface area contributed by atoms with Crippen LogP contribution in [-0.4, -0.2) is 219 Å². The maximum Gasteiger partial charge on any atom is 0.410 e. The Balaban J connectivity index is 0.000000136. The molecule has 30 heteroatoms. The van der Waals surface area contributed by atoms with Gasteiger partial charge >= 0.3 is 12.2 Å². The number of aromatic nitrogens is 9. The topological polar surface area (TPSA) is 297 Å². The first-order valence-corrected chi connectivity index (χ1v) is 35.9. The zero-order chi connectivity index (χ0) is 68.3. The van der Waals surface area contributed by atoms with E-state index < -0.39 is 31.2 Å². The van der Waals surface area contributed by atoms with Crippen LogP contribution in [0.5, 0.6) is 0 Å². The van der Waals surface area contributed by atoms with Crippen molar-refractivity contribution in [3.8, 4) is 0 Å². The fourth-order valence-electron chi connectivity index (χ4n) is 12.5. The molecule has 6 fully saturated rings. The van der Waals surface area contributed by atoms with E-state index in [1.165, 1.54) is 39.1 Å². The van der Waals surface area contributed by atoms with Gasteiger partial charge in [-0.25, -0.2) is 64.3 Å². The number of ether oxygens (including phenoxy) is 5. The molecule has 0 unspecified atom stereocenters. The number of benzene rings is 2. The van der Waals surface area contributed by atoms with Crippen molar-refractivity contribution in [2.75, 3.05) is 88.5 Å². The second kappa shape index (κ2) is 29.1. The van der Waals surface area contributed by atoms with Crippen molar-refractivity contribution >= 4 is 105 Å². The van der Waals surface area contributed by atoms with Gasteiger partial charge in [-0.15, -0.1) is 0 Å². The Kier molecular flexibility index (Phi) is 21.0. The lowest BCUT2D eigenvalue weighted by atomic mass is 9.98. The van der Waals surface area contributed by atoms with E-state index in [0.717, 1.165) is 76.1 Å². The summed E-state index contributed by atoms with van der Waals surface area (Å²) in [7, 11) is -7.47. The number of carbonyl (C=O) groups excluding carboxylic acids is 3. The molecule has 0 aliphatic carbocycles. The highest BCUT2D eigenvalue weighted by Crippen LogP contribution is 2.35. The molecule has 0 bridgehead atoms. The van der Waals surface area contributed by atoms with E-state index in [9.17, 15) is 31.2 Å². The van der Waals surface area contributed by atoms with Gasteiger partial charge < -0.3 is 58.5 Å². The molecular formula is C66H82IN15O12S2. The minimum atomic E-state index is -3.83. The number of hydrogen-bond donors (Lipinski definition) is 2. The summed E-state index contributed by atoms with van der Waals surface area (Å²) in [4.78, 5) is 75.7. The predicted molar refractivity (Wildman–Crippen MR) is 369 cm³/mol. The highest BCUT2D eigenvalue weighted by Gasteiger charge is 2.43. The van der Waals surface area contributed by atoms with Crippen molar-refractivity contribution in [3.63, 3.8) is 0 Å². The van der Waals surface area contributed by atoms with E-state index >= 15 is 0 Å². The van der Waals surface area contributed by atoms with Crippen molar-refractivity contribution in [2.24, 2.45) is 0 Å². The van der Waals surface area contributed by atoms with Crippen LogP contribution in [0.4, 0.5) is 21.2 Å². The summed E-state index contributed by atoms with van der Waals surface area (Å²) >= 11 is 2.06. The summed E-state index contributed by atoms with van der Waals surface area (Å²) in [5.74, 6) is 1.51. The quantitative estimate of drug-likeness (QED) is 0.0877. The summed E-state index contributed by atoms with van der Waals surface area (Å²) < 4.78 is 83.7. The summed E-state index contributed by atoms with van der Waals surface area (Å²) in [6.45, 7) is 26.5. The number of nitrogens with one attached hydrogen (secondary N) is 2. The average Bonchev–Trinajstić information content (AvgIpc) is 1.50. The van der Waals surface area contributed by atoms with Crippen LogP contribution in [0, 0.1) is 17.5 Å². The molecule has 6 atom stereocenters. The SMILES string of the molecule is C=CC(=O)N1CC[C@@H]2OCCN(c3ncnc4[nH]ccc34)[C@@H]2C1.CC(C)(C)OC(=O)N1CC[C@@H]2OCCN[C@@H]2C1.Cc1ccc(S(=O)(=O)n2ccc3c(I)ncnc32)cc1.Cc1ccc(S(=O)(=O)n2ccc3c(N4CCO[C@H]5CCN(C(=O)OC(C)(C)C)C[C@H]54)ncnc32)cc1. The van der Waals surface area contributed by atoms with Crippen molar-refractivity contribution < 1.29 is 54.9 Å². The maximum atomic E-state index is 13.4. The van der Waals surface area contributed by atoms with Gasteiger partial charge in [-0.1, -0.05) is 42.0 Å². The number of nitrogens with zero attached hydrogens (tertiary/aromatic N) is 13. The van der Waals surface area contributed by atoms with Crippen LogP contribution in [0.3, 0.4) is 0 Å². The van der Waals surface area contributed by atoms with Crippen molar-refractivity contribution in [2.45, 2.75) is 132 Å². The fourth-order valence-corrected chi connectivity index (χ4v) is 15.7. The molecule has 0 radical (unpaired) electrons. The lowest BCUT2D eigenvalue weighted by Gasteiger charge is -2.47. The lowest BCUT2D eigenvalue weighted by Crippen LogP contribution is -2.61. The summed E-state index contributed by atoms with van der Waals surface area (Å²) in [5, 5.41) is 5.75. The number of anilines is 2. The predicted octanol–water partition coefficient (Wildman–Crippen LogP) is 7.71. The molecule has 0 saturated carbocycles. The molecule has 27 nitrogen and oxygen atoms in total. The Bertz CT molecular complexity index is 4330. The monoisotopic (exact) mass is 1470 g/mol. The second-order valence-electron chi connectivity index (χ2n) is 26.1. The minimum absolute atomic E-state index is 0.0246. The lowest BCUT2D eigenvalue weighted by molar-refractivity contribution is -0.130. The molecular weight excluding hydrogens is 1390 g/mol. The summed E-state index contributed by atoms with van der Waals surface area (Å²) in [6.07, 6.45) is 12.7. The average molecular weight is 1470 g/mol. The molecule has 6 saturated heterocycles. The first-order valence-electron chi connectivity index (χ1n) is 32.0. The zero-order valence-corrected chi connectivity index (χ0v) is 58.9. The van der Waals surface area contributed by atoms with Crippen LogP contribution < -0.4 is 15.1 Å². The number of halogens is 1. The Morgan fingerprint density at radius 2 is 1.04 bits per heavy atom. The Labute approximate surface area is 572 Å². The molecule has 512 valence electrons. The van der Waals surface area contributed by atoms with Gasteiger partial charge in [0.1, 0.15) is 51.2 Å². The van der Waals surface area contributed by atoms with Crippen LogP contribution in [-0.2, 0) is 48.5 Å². The van der Waals surface area contributed by atoms with E-state index in [1.54, 1.807) is 76.8 Å². The molecule has 8 aromatic rings. The number of carbonyl (C=O) groups is 3. The standard InChI is InChI=1S/C25H31N5O5S.C16H19N5O2.C13H10IN3O2S.C12H22N2O3/c1-17-5-7-18(8-6-17)36(32,33)30-12-9-19-22(26-16-27-23(19)30)29-13-14-34-21-10-11-28(15-20(21)29)24(31)35-25(2,3)4;1-2-14(22)20-6-4-13-12(9-20)21(7-8-23-13)16-11-3-5-17-15(11)18-10-19-16;1-9-2-4-10(5-3-9)20(18,19)17-7-6-11-12(14)15-8-16-13(11)17;1-12(2,3)17-11(15)14-6-4-10-9(8-14)13-5-7-16-10/h5-9,12,16,20-21H,10-11,13-15H2,1-4H3;2-3,5,10,12-13H,1,4,6-9H2,(H,17,18,19);2-8H,1H3;9-10,13H,4-8H2,1-3H3/t20-,21+;12-,13+;;9-,10+/m11.1/s1. The van der Waals surface area contributed by atoms with Crippen LogP contribution in [0.2, 0.25) is 0 Å². The van der Waals surface area contributed by atoms with Gasteiger partial charge in [0.25, 0.3) is 20.0 Å². The third-order valence-corrected chi connectivity index (χ3v) is 21.4. The van der Waals surface area contributed by atoms with Gasteiger partial charge in [-0.05, 0) is 146 Å². The molecule has 2 aromatic carbocycles. The van der Waals surface area contributed by atoms with Crippen LogP contribution in [0.25, 0.3) is 33.1 Å². The van der Waals surface area contributed by atoms with Gasteiger partial charge in [0, 0.05) is 77.5 Å². The summed E-state index contributed by atoms with van der Waals surface area (Å²) in [5.41, 5.74) is 2.51. The maximum absolute atomic E-state index is 13.4. The molecule has 96 heavy (non-hydrogen) atoms. The number of fused-ring (bicyclic) bond motifs is 6. The Morgan fingerprint density at radius 1 is 0.573 bits per heavy atom. The largest absolute Gasteiger partial charge is 0.444 e. The fraction of sp³-hybridized carbons (Fsp3) is 0.470. The third kappa shape index (κ3) is 15.6. The number of H-pyrrole nitrogens is 1. The minimum Gasteiger partial charge on any atom is -0.444 e. The number of aryl methyl sites for hydroxylation is 2. The normalized spacial score (nSPS) is 21.4. The number of hydrogen-bond acceptors (Lipinski definition) is 21. The van der Waals surface area contributed by atoms with E-state index in [-0.39, 0.29) is 64.3 Å². The zero-order valence-electron chi connectivity index (χ0n) is 55.1. The first-order chi connectivity index (χ1) is 45.8. The van der Waals surface area contributed by atoms with Crippen LogP contribution >= 0.6 is 22.6 Å². The van der Waals surface area contributed by atoms with Gasteiger partial charge in [-0.3, -0.25) is 4.79 Å². The highest BCUT2D eigenvalue weighted by molar-refractivity contribution is 14.1. The summed E-state index contributed by atoms with van der Waals surface area (Å²) in [6, 6.07) is 19.1. The smallest absolute Gasteiger partial charge is 0.410 e. The molecule has 0 spiro atoms. The Morgan fingerprint density at radius 3 is 1.59 bits per heavy atom. The number of likely N-dealkylation sites (tertiary alicyclic amines) is 3. The van der Waals surface area contributed by atoms with E-state index in [2.05, 4.69) is 79.2 Å². The number of aromatic amines is 1. The molecule has 2 N–H and O–H groups in total. The van der Waals surface area contributed by atoms with Gasteiger partial charge in [-0.2, -0.15) is 0 Å². The number of amides is 3. The van der Waals surface area contributed by atoms with Crippen molar-refractivity contribution in [3.05, 3.63) is 132 Å². The molecule has 3 amide bonds. The van der Waals surface area contributed by atoms with E-state index in [4.69, 9.17) is 23.7 Å². The molecule has 6 aliphatic heterocycles. The van der Waals surface area contributed by atoms with Gasteiger partial charge in [0.2, 0.25) is 5.91 Å². The number of piperidine rings is 3. The van der Waals surface area contributed by atoms with Gasteiger partial charge in [0.05, 0.1) is 82.2 Å². The Hall–Kier alpha value is -7.88. The number of morpholine rings is 3. The third-order valence-electron chi connectivity index (χ3n) is 17.2. The van der Waals surface area contributed by atoms with Crippen molar-refractivity contribution in [1.29, 1.82) is 0 Å². The molecule has 6 aromatic heterocycles. The molecule has 14 rings (SSSR count). The van der Waals surface area contributed by atoms with Crippen molar-refractivity contribution in [1.82, 2.24) is 62.8 Å². The second-order valence-corrected chi connectivity index (χ2v) is 30.8. The van der Waals surface area contributed by atoms with E-state index in [1.807, 2.05) is 72.6 Å². The van der Waals surface area contributed by atoms with E-state index in [0.29, 0.717) is 81.4 Å². The van der Waals surface area contributed by atoms with Gasteiger partial charge in [0.15, 0.2) is 11.3 Å². The van der Waals surface area contributed by atoms with Crippen LogP contribution in [0.15, 0.2) is 127 Å².